The number of anilines is 2. The van der Waals surface area contributed by atoms with Crippen LogP contribution in [0.3, 0.4) is 0 Å². The highest BCUT2D eigenvalue weighted by Gasteiger charge is 2.56. The summed E-state index contributed by atoms with van der Waals surface area (Å²) in [5, 5.41) is 13.2. The van der Waals surface area contributed by atoms with Gasteiger partial charge in [-0.2, -0.15) is 0 Å². The van der Waals surface area contributed by atoms with Crippen LogP contribution >= 0.6 is 0 Å². The zero-order valence-corrected chi connectivity index (χ0v) is 19.4. The molecule has 5 nitrogen and oxygen atoms in total. The predicted molar refractivity (Wildman–Crippen MR) is 125 cm³/mol. The third-order valence-electron chi connectivity index (χ3n) is 7.84. The SMILES string of the molecule is CC1CCc2ncnc(N3c4ccc(CCO)cc4C4(CCNCC4)[C@H]3C(C)(C)C)c21. The third-order valence-corrected chi connectivity index (χ3v) is 7.84. The average Bonchev–Trinajstić information content (AvgIpc) is 3.25. The first kappa shape index (κ1) is 20.9. The lowest BCUT2D eigenvalue weighted by Gasteiger charge is -2.48. The van der Waals surface area contributed by atoms with E-state index in [2.05, 4.69) is 61.1 Å². The van der Waals surface area contributed by atoms with Gasteiger partial charge >= 0.3 is 0 Å². The molecule has 5 rings (SSSR count). The van der Waals surface area contributed by atoms with Crippen LogP contribution < -0.4 is 10.2 Å². The van der Waals surface area contributed by atoms with E-state index < -0.39 is 0 Å². The van der Waals surface area contributed by atoms with E-state index in [-0.39, 0.29) is 17.4 Å². The molecule has 0 radical (unpaired) electrons. The highest BCUT2D eigenvalue weighted by molar-refractivity contribution is 5.76. The Balaban J connectivity index is 1.76. The van der Waals surface area contributed by atoms with E-state index in [1.54, 1.807) is 6.33 Å². The number of hydrogen-bond donors (Lipinski definition) is 2. The summed E-state index contributed by atoms with van der Waals surface area (Å²) < 4.78 is 0. The maximum Gasteiger partial charge on any atom is 0.140 e. The van der Waals surface area contributed by atoms with Gasteiger partial charge in [-0.25, -0.2) is 9.97 Å². The van der Waals surface area contributed by atoms with Crippen molar-refractivity contribution in [1.29, 1.82) is 0 Å². The summed E-state index contributed by atoms with van der Waals surface area (Å²) in [6, 6.07) is 7.21. The normalized spacial score (nSPS) is 24.5. The summed E-state index contributed by atoms with van der Waals surface area (Å²) in [6.07, 6.45) is 6.96. The van der Waals surface area contributed by atoms with Crippen LogP contribution in [0.2, 0.25) is 0 Å². The predicted octanol–water partition coefficient (Wildman–Crippen LogP) is 4.25. The Hall–Kier alpha value is -1.98. The summed E-state index contributed by atoms with van der Waals surface area (Å²) in [7, 11) is 0. The minimum absolute atomic E-state index is 0.0766. The van der Waals surface area contributed by atoms with Gasteiger partial charge in [0, 0.05) is 29.0 Å². The van der Waals surface area contributed by atoms with Crippen LogP contribution in [0, 0.1) is 5.41 Å². The minimum Gasteiger partial charge on any atom is -0.396 e. The topological polar surface area (TPSA) is 61.3 Å². The van der Waals surface area contributed by atoms with E-state index in [1.807, 2.05) is 0 Å². The van der Waals surface area contributed by atoms with Gasteiger partial charge in [-0.15, -0.1) is 0 Å². The Morgan fingerprint density at radius 2 is 1.97 bits per heavy atom. The van der Waals surface area contributed by atoms with Gasteiger partial charge in [-0.05, 0) is 73.7 Å². The minimum atomic E-state index is 0.0766. The first-order chi connectivity index (χ1) is 14.9. The maximum absolute atomic E-state index is 9.58. The second-order valence-electron chi connectivity index (χ2n) is 10.9. The fraction of sp³-hybridized carbons (Fsp3) is 0.615. The van der Waals surface area contributed by atoms with Crippen molar-refractivity contribution < 1.29 is 5.11 Å². The van der Waals surface area contributed by atoms with Crippen molar-refractivity contribution in [1.82, 2.24) is 15.3 Å². The molecule has 3 aliphatic rings. The summed E-state index contributed by atoms with van der Waals surface area (Å²) in [5.74, 6) is 1.62. The van der Waals surface area contributed by atoms with Crippen LogP contribution in [0.4, 0.5) is 11.5 Å². The number of aliphatic hydroxyl groups is 1. The van der Waals surface area contributed by atoms with Crippen LogP contribution in [0.1, 0.15) is 75.3 Å². The smallest absolute Gasteiger partial charge is 0.140 e. The number of aliphatic hydroxyl groups excluding tert-OH is 1. The standard InChI is InChI=1S/C26H36N4O/c1-17-5-7-20-22(17)23(29-16-28-20)30-21-8-6-18(9-14-31)15-19(21)26(10-12-27-13-11-26)24(30)25(2,3)4/h6,8,15-17,24,27,31H,5,7,9-14H2,1-4H3/t17?,24-/m1/s1. The lowest BCUT2D eigenvalue weighted by atomic mass is 9.62. The van der Waals surface area contributed by atoms with E-state index >= 15 is 0 Å². The molecule has 2 N–H and O–H groups in total. The first-order valence-corrected chi connectivity index (χ1v) is 11.9. The fourth-order valence-corrected chi connectivity index (χ4v) is 6.69. The van der Waals surface area contributed by atoms with Gasteiger partial charge in [0.2, 0.25) is 0 Å². The lowest BCUT2D eigenvalue weighted by Crippen LogP contribution is -2.55. The Bertz CT molecular complexity index is 974. The van der Waals surface area contributed by atoms with Crippen LogP contribution in [0.25, 0.3) is 0 Å². The molecule has 1 saturated heterocycles. The van der Waals surface area contributed by atoms with Gasteiger partial charge in [-0.1, -0.05) is 39.8 Å². The molecular weight excluding hydrogens is 384 g/mol. The molecule has 2 aromatic rings. The van der Waals surface area contributed by atoms with Crippen molar-refractivity contribution in [3.05, 3.63) is 46.9 Å². The van der Waals surface area contributed by atoms with Crippen molar-refractivity contribution >= 4 is 11.5 Å². The van der Waals surface area contributed by atoms with Crippen molar-refractivity contribution in [2.45, 2.75) is 77.2 Å². The summed E-state index contributed by atoms with van der Waals surface area (Å²) >= 11 is 0. The van der Waals surface area contributed by atoms with E-state index in [1.165, 1.54) is 28.1 Å². The number of rotatable bonds is 3. The third kappa shape index (κ3) is 3.20. The molecule has 0 bridgehead atoms. The zero-order valence-electron chi connectivity index (χ0n) is 19.4. The number of nitrogens with zero attached hydrogens (tertiary/aromatic N) is 3. The second kappa shape index (κ2) is 7.56. The Morgan fingerprint density at radius 1 is 1.19 bits per heavy atom. The molecule has 1 spiro atoms. The van der Waals surface area contributed by atoms with Crippen LogP contribution in [-0.2, 0) is 18.3 Å². The number of nitrogens with one attached hydrogen (secondary N) is 1. The van der Waals surface area contributed by atoms with Gasteiger partial charge in [0.25, 0.3) is 0 Å². The molecule has 1 aliphatic carbocycles. The van der Waals surface area contributed by atoms with E-state index in [0.717, 1.165) is 44.6 Å². The molecule has 2 atom stereocenters. The van der Waals surface area contributed by atoms with E-state index in [0.29, 0.717) is 18.4 Å². The van der Waals surface area contributed by atoms with Crippen molar-refractivity contribution in [2.24, 2.45) is 5.41 Å². The molecule has 1 unspecified atom stereocenters. The monoisotopic (exact) mass is 420 g/mol. The molecule has 1 fully saturated rings. The van der Waals surface area contributed by atoms with Crippen LogP contribution in [0.5, 0.6) is 0 Å². The van der Waals surface area contributed by atoms with Crippen molar-refractivity contribution in [3.8, 4) is 0 Å². The molecular formula is C26H36N4O. The molecule has 3 heterocycles. The maximum atomic E-state index is 9.58. The molecule has 1 aromatic heterocycles. The summed E-state index contributed by atoms with van der Waals surface area (Å²) in [6.45, 7) is 11.8. The Morgan fingerprint density at radius 3 is 2.68 bits per heavy atom. The van der Waals surface area contributed by atoms with Crippen LogP contribution in [0.15, 0.2) is 24.5 Å². The molecule has 0 amide bonds. The molecule has 31 heavy (non-hydrogen) atoms. The summed E-state index contributed by atoms with van der Waals surface area (Å²) in [4.78, 5) is 12.2. The van der Waals surface area contributed by atoms with Gasteiger partial charge in [0.15, 0.2) is 0 Å². The lowest BCUT2D eigenvalue weighted by molar-refractivity contribution is 0.172. The highest BCUT2D eigenvalue weighted by atomic mass is 16.2. The van der Waals surface area contributed by atoms with Gasteiger partial charge in [-0.3, -0.25) is 0 Å². The van der Waals surface area contributed by atoms with Gasteiger partial charge < -0.3 is 15.3 Å². The van der Waals surface area contributed by atoms with Crippen molar-refractivity contribution in [2.75, 3.05) is 24.6 Å². The molecule has 1 aromatic carbocycles. The van der Waals surface area contributed by atoms with Crippen LogP contribution in [-0.4, -0.2) is 40.8 Å². The quantitative estimate of drug-likeness (QED) is 0.777. The number of aromatic nitrogens is 2. The fourth-order valence-electron chi connectivity index (χ4n) is 6.69. The number of benzene rings is 1. The molecule has 0 saturated carbocycles. The second-order valence-corrected chi connectivity index (χ2v) is 10.9. The first-order valence-electron chi connectivity index (χ1n) is 11.9. The Labute approximate surface area is 186 Å². The zero-order chi connectivity index (χ0) is 21.8. The van der Waals surface area contributed by atoms with E-state index in [9.17, 15) is 5.11 Å². The number of aryl methyl sites for hydroxylation is 1. The summed E-state index contributed by atoms with van der Waals surface area (Å²) in [5.41, 5.74) is 6.75. The molecule has 166 valence electrons. The van der Waals surface area contributed by atoms with Crippen molar-refractivity contribution in [3.63, 3.8) is 0 Å². The molecule has 2 aliphatic heterocycles. The largest absolute Gasteiger partial charge is 0.396 e. The van der Waals surface area contributed by atoms with E-state index in [4.69, 9.17) is 4.98 Å². The number of hydrogen-bond acceptors (Lipinski definition) is 5. The number of piperidine rings is 1. The van der Waals surface area contributed by atoms with Gasteiger partial charge in [0.1, 0.15) is 12.1 Å². The average molecular weight is 421 g/mol. The highest BCUT2D eigenvalue weighted by Crippen LogP contribution is 2.58. The Kier molecular flexibility index (Phi) is 5.10. The molecule has 5 heteroatoms. The number of fused-ring (bicyclic) bond motifs is 3. The van der Waals surface area contributed by atoms with Gasteiger partial charge in [0.05, 0.1) is 6.04 Å².